The predicted octanol–water partition coefficient (Wildman–Crippen LogP) is 4.25. The molecule has 2 heterocycles. The fourth-order valence-corrected chi connectivity index (χ4v) is 5.51. The molecule has 0 bridgehead atoms. The van der Waals surface area contributed by atoms with Gasteiger partial charge in [0.15, 0.2) is 18.1 Å². The number of benzene rings is 1. The van der Waals surface area contributed by atoms with E-state index < -0.39 is 12.0 Å². The summed E-state index contributed by atoms with van der Waals surface area (Å²) in [6, 6.07) is 2.98. The van der Waals surface area contributed by atoms with Crippen LogP contribution in [-0.4, -0.2) is 69.4 Å². The number of ether oxygens (including phenoxy) is 3. The first-order chi connectivity index (χ1) is 18.4. The number of anilines is 1. The number of nitrogens with one attached hydrogen (secondary N) is 1. The lowest BCUT2D eigenvalue weighted by Crippen LogP contribution is -2.34. The number of carbonyl (C=O) groups is 2. The Balaban J connectivity index is 1.69. The number of hydrogen-bond acceptors (Lipinski definition) is 9. The maximum Gasteiger partial charge on any atom is 0.338 e. The van der Waals surface area contributed by atoms with Crippen molar-refractivity contribution in [1.29, 1.82) is 0 Å². The number of carbonyl (C=O) groups excluding carboxylic acids is 2. The summed E-state index contributed by atoms with van der Waals surface area (Å²) in [7, 11) is 0. The first-order valence-electron chi connectivity index (χ1n) is 13.2. The summed E-state index contributed by atoms with van der Waals surface area (Å²) in [6.07, 6.45) is 4.90. The van der Waals surface area contributed by atoms with Crippen LogP contribution in [0.5, 0.6) is 11.5 Å². The number of esters is 1. The monoisotopic (exact) mass is 590 g/mol. The van der Waals surface area contributed by atoms with Crippen LogP contribution in [0.4, 0.5) is 5.95 Å². The SMILES string of the molecule is CCOc1cc(C2C(C(=O)OC3CCCCC3)=C(C)Nc3nnnn32)cc(Br)c1OCC(=O)N(CC)CC. The van der Waals surface area contributed by atoms with Crippen molar-refractivity contribution in [2.45, 2.75) is 71.9 Å². The third kappa shape index (κ3) is 5.95. The fraction of sp³-hybridized carbons (Fsp3) is 0.577. The quantitative estimate of drug-likeness (QED) is 0.405. The molecule has 2 aromatic rings. The van der Waals surface area contributed by atoms with E-state index >= 15 is 0 Å². The third-order valence-electron chi connectivity index (χ3n) is 6.86. The highest BCUT2D eigenvalue weighted by Crippen LogP contribution is 2.43. The number of fused-ring (bicyclic) bond motifs is 1. The van der Waals surface area contributed by atoms with E-state index in [2.05, 4.69) is 36.8 Å². The molecule has 1 aliphatic heterocycles. The molecule has 1 aliphatic carbocycles. The molecule has 4 rings (SSSR count). The number of tetrazole rings is 1. The largest absolute Gasteiger partial charge is 0.490 e. The Labute approximate surface area is 231 Å². The van der Waals surface area contributed by atoms with E-state index in [0.29, 0.717) is 58.5 Å². The molecule has 1 fully saturated rings. The zero-order valence-electron chi connectivity index (χ0n) is 22.3. The molecule has 2 aliphatic rings. The van der Waals surface area contributed by atoms with E-state index in [9.17, 15) is 9.59 Å². The minimum absolute atomic E-state index is 0.0997. The second kappa shape index (κ2) is 12.6. The first kappa shape index (κ1) is 27.9. The zero-order valence-corrected chi connectivity index (χ0v) is 23.9. The lowest BCUT2D eigenvalue weighted by Gasteiger charge is -2.30. The second-order valence-corrected chi connectivity index (χ2v) is 10.2. The number of halogens is 1. The molecule has 1 aromatic carbocycles. The Bertz CT molecular complexity index is 1190. The Morgan fingerprint density at radius 2 is 1.87 bits per heavy atom. The molecule has 1 unspecified atom stereocenters. The van der Waals surface area contributed by atoms with E-state index in [-0.39, 0.29) is 18.6 Å². The van der Waals surface area contributed by atoms with Crippen LogP contribution in [0, 0.1) is 0 Å². The molecule has 38 heavy (non-hydrogen) atoms. The molecule has 1 atom stereocenters. The van der Waals surface area contributed by atoms with Gasteiger partial charge in [0, 0.05) is 18.8 Å². The van der Waals surface area contributed by atoms with E-state index in [4.69, 9.17) is 14.2 Å². The minimum Gasteiger partial charge on any atom is -0.490 e. The maximum absolute atomic E-state index is 13.5. The van der Waals surface area contributed by atoms with Gasteiger partial charge in [-0.3, -0.25) is 4.79 Å². The van der Waals surface area contributed by atoms with Crippen molar-refractivity contribution in [3.8, 4) is 11.5 Å². The molecule has 1 saturated carbocycles. The van der Waals surface area contributed by atoms with E-state index in [1.807, 2.05) is 33.8 Å². The van der Waals surface area contributed by atoms with Gasteiger partial charge in [-0.25, -0.2) is 4.79 Å². The van der Waals surface area contributed by atoms with Gasteiger partial charge in [0.1, 0.15) is 12.1 Å². The van der Waals surface area contributed by atoms with Gasteiger partial charge < -0.3 is 24.4 Å². The lowest BCUT2D eigenvalue weighted by atomic mass is 9.94. The highest BCUT2D eigenvalue weighted by molar-refractivity contribution is 9.10. The Morgan fingerprint density at radius 1 is 1.13 bits per heavy atom. The van der Waals surface area contributed by atoms with Crippen LogP contribution in [0.1, 0.15) is 71.4 Å². The topological polar surface area (TPSA) is 121 Å². The van der Waals surface area contributed by atoms with E-state index in [0.717, 1.165) is 32.1 Å². The molecule has 1 amide bonds. The van der Waals surface area contributed by atoms with Crippen molar-refractivity contribution in [2.75, 3.05) is 31.6 Å². The van der Waals surface area contributed by atoms with E-state index in [1.54, 1.807) is 15.6 Å². The normalized spacial score (nSPS) is 17.4. The number of rotatable bonds is 10. The number of aromatic nitrogens is 4. The van der Waals surface area contributed by atoms with Crippen LogP contribution < -0.4 is 14.8 Å². The summed E-state index contributed by atoms with van der Waals surface area (Å²) in [5.74, 6) is 0.758. The number of amides is 1. The molecule has 1 N–H and O–H groups in total. The molecule has 0 radical (unpaired) electrons. The van der Waals surface area contributed by atoms with Crippen LogP contribution in [0.15, 0.2) is 27.9 Å². The first-order valence-corrected chi connectivity index (χ1v) is 14.0. The average molecular weight is 592 g/mol. The van der Waals surface area contributed by atoms with Crippen molar-refractivity contribution < 1.29 is 23.8 Å². The molecular formula is C26H35BrN6O5. The molecule has 1 aromatic heterocycles. The van der Waals surface area contributed by atoms with Gasteiger partial charge >= 0.3 is 5.97 Å². The third-order valence-corrected chi connectivity index (χ3v) is 7.45. The van der Waals surface area contributed by atoms with Crippen molar-refractivity contribution in [2.24, 2.45) is 0 Å². The molecular weight excluding hydrogens is 556 g/mol. The van der Waals surface area contributed by atoms with Gasteiger partial charge in [-0.05, 0) is 97.4 Å². The summed E-state index contributed by atoms with van der Waals surface area (Å²) in [5, 5.41) is 15.2. The summed E-state index contributed by atoms with van der Waals surface area (Å²) < 4.78 is 20.0. The number of allylic oxidation sites excluding steroid dienone is 1. The van der Waals surface area contributed by atoms with Gasteiger partial charge in [-0.2, -0.15) is 4.68 Å². The van der Waals surface area contributed by atoms with Crippen LogP contribution in [0.3, 0.4) is 0 Å². The van der Waals surface area contributed by atoms with Gasteiger partial charge in [-0.15, -0.1) is 0 Å². The number of nitrogens with zero attached hydrogens (tertiary/aromatic N) is 5. The van der Waals surface area contributed by atoms with Crippen molar-refractivity contribution in [1.82, 2.24) is 25.1 Å². The predicted molar refractivity (Wildman–Crippen MR) is 144 cm³/mol. The lowest BCUT2D eigenvalue weighted by molar-refractivity contribution is -0.146. The summed E-state index contributed by atoms with van der Waals surface area (Å²) in [4.78, 5) is 27.8. The molecule has 0 spiro atoms. The number of hydrogen-bond donors (Lipinski definition) is 1. The Morgan fingerprint density at radius 3 is 2.55 bits per heavy atom. The maximum atomic E-state index is 13.5. The van der Waals surface area contributed by atoms with Crippen LogP contribution in [-0.2, 0) is 14.3 Å². The molecule has 11 nitrogen and oxygen atoms in total. The van der Waals surface area contributed by atoms with Crippen LogP contribution in [0.2, 0.25) is 0 Å². The van der Waals surface area contributed by atoms with E-state index in [1.165, 1.54) is 0 Å². The van der Waals surface area contributed by atoms with Gasteiger partial charge in [-0.1, -0.05) is 11.5 Å². The highest BCUT2D eigenvalue weighted by atomic mass is 79.9. The summed E-state index contributed by atoms with van der Waals surface area (Å²) in [6.45, 7) is 9.00. The molecule has 0 saturated heterocycles. The minimum atomic E-state index is -0.654. The van der Waals surface area contributed by atoms with Crippen molar-refractivity contribution in [3.63, 3.8) is 0 Å². The Hall–Kier alpha value is -3.15. The van der Waals surface area contributed by atoms with Crippen molar-refractivity contribution in [3.05, 3.63) is 33.4 Å². The fourth-order valence-electron chi connectivity index (χ4n) is 4.93. The summed E-state index contributed by atoms with van der Waals surface area (Å²) >= 11 is 3.60. The van der Waals surface area contributed by atoms with Gasteiger partial charge in [0.25, 0.3) is 5.91 Å². The molecule has 206 valence electrons. The highest BCUT2D eigenvalue weighted by Gasteiger charge is 2.37. The zero-order chi connectivity index (χ0) is 27.2. The second-order valence-electron chi connectivity index (χ2n) is 9.30. The number of likely N-dealkylation sites (N-methyl/N-ethyl adjacent to an activating group) is 1. The van der Waals surface area contributed by atoms with Crippen molar-refractivity contribution >= 4 is 33.8 Å². The van der Waals surface area contributed by atoms with Crippen LogP contribution in [0.25, 0.3) is 0 Å². The Kier molecular flexibility index (Phi) is 9.24. The smallest absolute Gasteiger partial charge is 0.338 e. The molecule has 12 heteroatoms. The summed E-state index contributed by atoms with van der Waals surface area (Å²) in [5.41, 5.74) is 1.75. The van der Waals surface area contributed by atoms with Crippen LogP contribution >= 0.6 is 15.9 Å². The average Bonchev–Trinajstić information content (AvgIpc) is 3.36. The van der Waals surface area contributed by atoms with Gasteiger partial charge in [0.05, 0.1) is 16.7 Å². The van der Waals surface area contributed by atoms with Gasteiger partial charge in [0.2, 0.25) is 5.95 Å². The standard InChI is InChI=1S/C26H35BrN6O5/c1-5-32(6-2)21(34)15-37-24-19(27)13-17(14-20(24)36-7-3)23-22(16(4)28-26-29-30-31-33(23)26)25(35)38-18-11-9-8-10-12-18/h13-14,18,23H,5-12,15H2,1-4H3,(H,28,29,31).